The van der Waals surface area contributed by atoms with Gasteiger partial charge in [0.25, 0.3) is 5.56 Å². The molecule has 0 aliphatic carbocycles. The molecule has 7 heteroatoms. The summed E-state index contributed by atoms with van der Waals surface area (Å²) >= 11 is 0. The molecule has 35 heavy (non-hydrogen) atoms. The quantitative estimate of drug-likeness (QED) is 0.384. The highest BCUT2D eigenvalue weighted by molar-refractivity contribution is 5.88. The largest absolute Gasteiger partial charge is 0.338 e. The molecule has 1 N–H and O–H groups in total. The van der Waals surface area contributed by atoms with Gasteiger partial charge in [0.1, 0.15) is 11.6 Å². The second-order valence-corrected chi connectivity index (χ2v) is 9.20. The van der Waals surface area contributed by atoms with Gasteiger partial charge in [-0.05, 0) is 85.6 Å². The summed E-state index contributed by atoms with van der Waals surface area (Å²) in [5.74, 6) is 0.417. The van der Waals surface area contributed by atoms with Crippen LogP contribution in [0.3, 0.4) is 0 Å². The molecule has 1 fully saturated rings. The Hall–Kier alpha value is -3.84. The van der Waals surface area contributed by atoms with E-state index in [1.165, 1.54) is 31.4 Å². The van der Waals surface area contributed by atoms with Crippen LogP contribution < -0.4 is 5.56 Å². The molecular weight excluding hydrogens is 441 g/mol. The van der Waals surface area contributed by atoms with E-state index in [2.05, 4.69) is 19.9 Å². The van der Waals surface area contributed by atoms with Gasteiger partial charge in [0.05, 0.1) is 28.3 Å². The first-order valence-corrected chi connectivity index (χ1v) is 12.1. The molecule has 6 rings (SSSR count). The molecule has 0 spiro atoms. The summed E-state index contributed by atoms with van der Waals surface area (Å²) in [6, 6.07) is 18.1. The number of nitrogens with zero attached hydrogens (tertiary/aromatic N) is 4. The molecule has 0 radical (unpaired) electrons. The van der Waals surface area contributed by atoms with E-state index in [-0.39, 0.29) is 11.4 Å². The van der Waals surface area contributed by atoms with Gasteiger partial charge in [-0.1, -0.05) is 18.6 Å². The van der Waals surface area contributed by atoms with Crippen LogP contribution in [-0.4, -0.2) is 44.1 Å². The Morgan fingerprint density at radius 2 is 1.54 bits per heavy atom. The van der Waals surface area contributed by atoms with Gasteiger partial charge in [0.2, 0.25) is 0 Å². The maximum atomic E-state index is 13.3. The lowest BCUT2D eigenvalue weighted by atomic mass is 10.0. The Morgan fingerprint density at radius 3 is 2.34 bits per heavy atom. The van der Waals surface area contributed by atoms with E-state index in [9.17, 15) is 9.18 Å². The zero-order valence-electron chi connectivity index (χ0n) is 19.4. The summed E-state index contributed by atoms with van der Waals surface area (Å²) in [5, 5.41) is 0.625. The van der Waals surface area contributed by atoms with E-state index < -0.39 is 0 Å². The van der Waals surface area contributed by atoms with Crippen molar-refractivity contribution in [2.24, 2.45) is 0 Å². The number of benzene rings is 3. The molecule has 0 atom stereocenters. The van der Waals surface area contributed by atoms with E-state index >= 15 is 0 Å². The van der Waals surface area contributed by atoms with Crippen LogP contribution in [0.1, 0.15) is 19.3 Å². The first-order chi connectivity index (χ1) is 17.1. The van der Waals surface area contributed by atoms with Crippen molar-refractivity contribution in [2.75, 3.05) is 19.6 Å². The number of piperidine rings is 1. The molecule has 2 aromatic heterocycles. The number of hydrogen-bond donors (Lipinski definition) is 1. The van der Waals surface area contributed by atoms with Gasteiger partial charge in [-0.3, -0.25) is 9.36 Å². The van der Waals surface area contributed by atoms with Gasteiger partial charge in [-0.2, -0.15) is 0 Å². The summed E-state index contributed by atoms with van der Waals surface area (Å²) in [6.45, 7) is 3.75. The lowest BCUT2D eigenvalue weighted by Crippen LogP contribution is -2.34. The third-order valence-electron chi connectivity index (χ3n) is 6.86. The fourth-order valence-corrected chi connectivity index (χ4v) is 4.86. The number of nitrogens with one attached hydrogen (secondary N) is 1. The van der Waals surface area contributed by atoms with Crippen molar-refractivity contribution < 1.29 is 4.39 Å². The van der Waals surface area contributed by atoms with Crippen molar-refractivity contribution in [1.29, 1.82) is 0 Å². The summed E-state index contributed by atoms with van der Waals surface area (Å²) in [5.41, 5.74) is 5.17. The third kappa shape index (κ3) is 4.35. The van der Waals surface area contributed by atoms with Crippen molar-refractivity contribution >= 4 is 21.9 Å². The summed E-state index contributed by atoms with van der Waals surface area (Å²) in [7, 11) is 0. The molecule has 3 heterocycles. The Kier molecular flexibility index (Phi) is 5.62. The molecule has 1 saturated heterocycles. The van der Waals surface area contributed by atoms with Gasteiger partial charge in [0.15, 0.2) is 0 Å². The first-order valence-electron chi connectivity index (χ1n) is 12.1. The molecule has 0 bridgehead atoms. The molecule has 1 aliphatic rings. The number of imidazole rings is 1. The van der Waals surface area contributed by atoms with E-state index in [0.717, 1.165) is 47.4 Å². The number of fused-ring (bicyclic) bond motifs is 2. The summed E-state index contributed by atoms with van der Waals surface area (Å²) in [6.07, 6.45) is 5.44. The minimum atomic E-state index is -0.275. The molecule has 0 unspecified atom stereocenters. The van der Waals surface area contributed by atoms with Gasteiger partial charge in [-0.15, -0.1) is 0 Å². The van der Waals surface area contributed by atoms with Gasteiger partial charge >= 0.3 is 0 Å². The molecule has 1 aliphatic heterocycles. The minimum Gasteiger partial charge on any atom is -0.338 e. The third-order valence-corrected chi connectivity index (χ3v) is 6.86. The highest BCUT2D eigenvalue weighted by atomic mass is 19.1. The fraction of sp³-hybridized carbons (Fsp3) is 0.250. The molecule has 176 valence electrons. The van der Waals surface area contributed by atoms with Crippen LogP contribution >= 0.6 is 0 Å². The second-order valence-electron chi connectivity index (χ2n) is 9.20. The zero-order chi connectivity index (χ0) is 23.8. The van der Waals surface area contributed by atoms with E-state index in [4.69, 9.17) is 0 Å². The topological polar surface area (TPSA) is 66.8 Å². The average molecular weight is 468 g/mol. The van der Waals surface area contributed by atoms with Crippen molar-refractivity contribution in [3.8, 4) is 22.5 Å². The molecule has 3 aromatic carbocycles. The van der Waals surface area contributed by atoms with Gasteiger partial charge in [-0.25, -0.2) is 14.4 Å². The van der Waals surface area contributed by atoms with Crippen LogP contribution in [0, 0.1) is 5.82 Å². The van der Waals surface area contributed by atoms with Crippen LogP contribution in [0.5, 0.6) is 0 Å². The van der Waals surface area contributed by atoms with E-state index in [0.29, 0.717) is 23.3 Å². The monoisotopic (exact) mass is 467 g/mol. The molecular formula is C28H26FN5O. The number of rotatable bonds is 5. The summed E-state index contributed by atoms with van der Waals surface area (Å²) in [4.78, 5) is 28.2. The van der Waals surface area contributed by atoms with Crippen LogP contribution in [0.15, 0.2) is 71.8 Å². The highest BCUT2D eigenvalue weighted by Crippen LogP contribution is 2.27. The normalized spacial score (nSPS) is 14.7. The van der Waals surface area contributed by atoms with Crippen molar-refractivity contribution in [1.82, 2.24) is 24.4 Å². The first kappa shape index (κ1) is 21.7. The average Bonchev–Trinajstić information content (AvgIpc) is 3.33. The van der Waals surface area contributed by atoms with Crippen LogP contribution in [0.25, 0.3) is 44.5 Å². The Morgan fingerprint density at radius 1 is 0.829 bits per heavy atom. The van der Waals surface area contributed by atoms with Crippen LogP contribution in [0.4, 0.5) is 4.39 Å². The van der Waals surface area contributed by atoms with Crippen LogP contribution in [-0.2, 0) is 6.54 Å². The predicted molar refractivity (Wildman–Crippen MR) is 137 cm³/mol. The minimum absolute atomic E-state index is 0.00456. The maximum absolute atomic E-state index is 13.3. The van der Waals surface area contributed by atoms with Crippen molar-refractivity contribution in [2.45, 2.75) is 25.8 Å². The number of aromatic nitrogens is 4. The van der Waals surface area contributed by atoms with Crippen molar-refractivity contribution in [3.63, 3.8) is 0 Å². The lowest BCUT2D eigenvalue weighted by Gasteiger charge is -2.26. The number of halogens is 1. The van der Waals surface area contributed by atoms with Crippen molar-refractivity contribution in [3.05, 3.63) is 83.2 Å². The van der Waals surface area contributed by atoms with Gasteiger partial charge < -0.3 is 9.88 Å². The SMILES string of the molecule is O=c1c2cc(-c3ccc4nc(-c5ccc(F)cc5)[nH]c4c3)ccc2ncn1CCN1CCCCC1. The smallest absolute Gasteiger partial charge is 0.261 e. The van der Waals surface area contributed by atoms with E-state index in [1.54, 1.807) is 23.0 Å². The Bertz CT molecular complexity index is 1560. The Labute approximate surface area is 202 Å². The predicted octanol–water partition coefficient (Wildman–Crippen LogP) is 5.23. The number of likely N-dealkylation sites (tertiary alicyclic amines) is 1. The number of aromatic amines is 1. The molecule has 0 saturated carbocycles. The number of hydrogen-bond acceptors (Lipinski definition) is 4. The maximum Gasteiger partial charge on any atom is 0.261 e. The van der Waals surface area contributed by atoms with Gasteiger partial charge in [0, 0.05) is 18.7 Å². The van der Waals surface area contributed by atoms with E-state index in [1.807, 2.05) is 36.4 Å². The molecule has 5 aromatic rings. The molecule has 0 amide bonds. The van der Waals surface area contributed by atoms with Crippen LogP contribution in [0.2, 0.25) is 0 Å². The molecule has 6 nitrogen and oxygen atoms in total. The second kappa shape index (κ2) is 9.07. The highest BCUT2D eigenvalue weighted by Gasteiger charge is 2.12. The standard InChI is InChI=1S/C28H26FN5O/c29-22-8-4-19(5-9-22)27-31-25-11-7-21(17-26(25)32-27)20-6-10-24-23(16-20)28(35)34(18-30-24)15-14-33-12-2-1-3-13-33/h4-11,16-18H,1-3,12-15H2,(H,31,32). The number of H-pyrrole nitrogens is 1. The Balaban J connectivity index is 1.31. The lowest BCUT2D eigenvalue weighted by molar-refractivity contribution is 0.220. The summed E-state index contributed by atoms with van der Waals surface area (Å²) < 4.78 is 15.0. The fourth-order valence-electron chi connectivity index (χ4n) is 4.86. The zero-order valence-corrected chi connectivity index (χ0v) is 19.4.